The Bertz CT molecular complexity index is 792. The largest absolute Gasteiger partial charge is 0.327 e. The summed E-state index contributed by atoms with van der Waals surface area (Å²) in [6.07, 6.45) is 2.64. The number of halogens is 1. The lowest BCUT2D eigenvalue weighted by Gasteiger charge is -2.22. The van der Waals surface area contributed by atoms with E-state index in [9.17, 15) is 0 Å². The minimum absolute atomic E-state index is 0.186. The number of nitrogens with zero attached hydrogens (tertiary/aromatic N) is 5. The van der Waals surface area contributed by atoms with E-state index in [-0.39, 0.29) is 5.28 Å². The summed E-state index contributed by atoms with van der Waals surface area (Å²) in [5, 5.41) is 9.19. The van der Waals surface area contributed by atoms with Gasteiger partial charge in [0.15, 0.2) is 5.82 Å². The zero-order chi connectivity index (χ0) is 17.0. The molecule has 0 radical (unpaired) electrons. The molecule has 0 aliphatic carbocycles. The first-order valence-corrected chi connectivity index (χ1v) is 7.66. The molecule has 0 fully saturated rings. The topological polar surface area (TPSA) is 65.2 Å². The fraction of sp³-hybridized carbons (Fsp3) is 0.294. The molecule has 2 aromatic rings. The SMILES string of the molecule is CCC=Nc1c(C)nc(Cl)nc1N(C)c1ccc(C#N)cc1C. The maximum atomic E-state index is 9.00. The number of aromatic nitrogens is 2. The first-order valence-electron chi connectivity index (χ1n) is 7.29. The summed E-state index contributed by atoms with van der Waals surface area (Å²) in [5.74, 6) is 0.639. The van der Waals surface area contributed by atoms with E-state index in [0.717, 1.165) is 23.4 Å². The highest BCUT2D eigenvalue weighted by molar-refractivity contribution is 6.28. The number of nitriles is 1. The Kier molecular flexibility index (Phi) is 5.30. The third-order valence-corrected chi connectivity index (χ3v) is 3.59. The number of anilines is 2. The van der Waals surface area contributed by atoms with Gasteiger partial charge in [-0.3, -0.25) is 4.99 Å². The van der Waals surface area contributed by atoms with Crippen LogP contribution in [0.4, 0.5) is 17.2 Å². The standard InChI is InChI=1S/C17H18ClN5/c1-5-8-20-15-12(3)21-17(18)22-16(15)23(4)14-7-6-13(10-19)9-11(14)2/h6-9H,5H2,1-4H3. The molecule has 118 valence electrons. The van der Waals surface area contributed by atoms with E-state index in [1.165, 1.54) is 0 Å². The Morgan fingerprint density at radius 2 is 2.09 bits per heavy atom. The molecule has 0 aliphatic rings. The number of hydrogen-bond acceptors (Lipinski definition) is 5. The lowest BCUT2D eigenvalue weighted by atomic mass is 10.1. The summed E-state index contributed by atoms with van der Waals surface area (Å²) in [6.45, 7) is 5.83. The minimum Gasteiger partial charge on any atom is -0.327 e. The predicted octanol–water partition coefficient (Wildman–Crippen LogP) is 4.50. The van der Waals surface area contributed by atoms with Gasteiger partial charge in [-0.05, 0) is 55.6 Å². The molecule has 6 heteroatoms. The van der Waals surface area contributed by atoms with E-state index in [4.69, 9.17) is 16.9 Å². The van der Waals surface area contributed by atoms with Crippen molar-refractivity contribution in [3.8, 4) is 6.07 Å². The van der Waals surface area contributed by atoms with Crippen LogP contribution in [0.2, 0.25) is 5.28 Å². The predicted molar refractivity (Wildman–Crippen MR) is 94.2 cm³/mol. The van der Waals surface area contributed by atoms with Crippen LogP contribution in [-0.2, 0) is 0 Å². The zero-order valence-electron chi connectivity index (χ0n) is 13.6. The number of benzene rings is 1. The number of aliphatic imine (C=N–C) groups is 1. The molecule has 1 heterocycles. The van der Waals surface area contributed by atoms with Crippen LogP contribution in [0.5, 0.6) is 0 Å². The highest BCUT2D eigenvalue weighted by Crippen LogP contribution is 2.35. The van der Waals surface area contributed by atoms with Crippen LogP contribution in [-0.4, -0.2) is 23.2 Å². The van der Waals surface area contributed by atoms with Crippen molar-refractivity contribution >= 4 is 35.0 Å². The Morgan fingerprint density at radius 1 is 1.35 bits per heavy atom. The van der Waals surface area contributed by atoms with Crippen molar-refractivity contribution in [2.45, 2.75) is 27.2 Å². The van der Waals surface area contributed by atoms with Crippen molar-refractivity contribution in [3.05, 3.63) is 40.3 Å². The normalized spacial score (nSPS) is 10.8. The number of aryl methyl sites for hydroxylation is 2. The van der Waals surface area contributed by atoms with Crippen LogP contribution in [0, 0.1) is 25.2 Å². The highest BCUT2D eigenvalue weighted by atomic mass is 35.5. The molecule has 0 atom stereocenters. The molecular weight excluding hydrogens is 310 g/mol. The number of hydrogen-bond donors (Lipinski definition) is 0. The van der Waals surface area contributed by atoms with E-state index >= 15 is 0 Å². The van der Waals surface area contributed by atoms with Crippen molar-refractivity contribution in [2.75, 3.05) is 11.9 Å². The molecule has 0 unspecified atom stereocenters. The monoisotopic (exact) mass is 327 g/mol. The second-order valence-electron chi connectivity index (χ2n) is 5.14. The van der Waals surface area contributed by atoms with E-state index in [1.54, 1.807) is 6.07 Å². The molecule has 0 saturated carbocycles. The van der Waals surface area contributed by atoms with Crippen LogP contribution < -0.4 is 4.90 Å². The molecule has 0 saturated heterocycles. The van der Waals surface area contributed by atoms with E-state index < -0.39 is 0 Å². The van der Waals surface area contributed by atoms with Crippen LogP contribution in [0.25, 0.3) is 0 Å². The molecule has 5 nitrogen and oxygen atoms in total. The third kappa shape index (κ3) is 3.66. The number of rotatable bonds is 4. The molecule has 0 N–H and O–H groups in total. The van der Waals surface area contributed by atoms with E-state index in [1.807, 2.05) is 51.1 Å². The molecular formula is C17H18ClN5. The second kappa shape index (κ2) is 7.21. The van der Waals surface area contributed by atoms with Crippen molar-refractivity contribution < 1.29 is 0 Å². The van der Waals surface area contributed by atoms with Gasteiger partial charge in [0.05, 0.1) is 17.3 Å². The lowest BCUT2D eigenvalue weighted by molar-refractivity contribution is 1.04. The van der Waals surface area contributed by atoms with Crippen molar-refractivity contribution in [1.29, 1.82) is 5.26 Å². The fourth-order valence-electron chi connectivity index (χ4n) is 2.30. The quantitative estimate of drug-likeness (QED) is 0.612. The third-order valence-electron chi connectivity index (χ3n) is 3.42. The molecule has 0 amide bonds. The lowest BCUT2D eigenvalue weighted by Crippen LogP contribution is -2.14. The summed E-state index contributed by atoms with van der Waals surface area (Å²) >= 11 is 6.03. The van der Waals surface area contributed by atoms with Gasteiger partial charge in [-0.1, -0.05) is 6.92 Å². The Labute approximate surface area is 141 Å². The van der Waals surface area contributed by atoms with Gasteiger partial charge in [-0.25, -0.2) is 4.98 Å². The first-order chi connectivity index (χ1) is 11.0. The summed E-state index contributed by atoms with van der Waals surface area (Å²) in [5.41, 5.74) is 3.96. The van der Waals surface area contributed by atoms with Crippen LogP contribution in [0.1, 0.15) is 30.2 Å². The average molecular weight is 328 g/mol. The Morgan fingerprint density at radius 3 is 2.70 bits per heavy atom. The zero-order valence-corrected chi connectivity index (χ0v) is 14.4. The molecule has 1 aromatic heterocycles. The molecule has 23 heavy (non-hydrogen) atoms. The van der Waals surface area contributed by atoms with Gasteiger partial charge in [0.25, 0.3) is 0 Å². The van der Waals surface area contributed by atoms with Gasteiger partial charge in [0, 0.05) is 18.9 Å². The smallest absolute Gasteiger partial charge is 0.224 e. The van der Waals surface area contributed by atoms with E-state index in [0.29, 0.717) is 17.1 Å². The van der Waals surface area contributed by atoms with Crippen LogP contribution in [0.15, 0.2) is 23.2 Å². The van der Waals surface area contributed by atoms with Gasteiger partial charge in [-0.2, -0.15) is 10.2 Å². The maximum absolute atomic E-state index is 9.00. The molecule has 0 spiro atoms. The van der Waals surface area contributed by atoms with Crippen LogP contribution >= 0.6 is 11.6 Å². The minimum atomic E-state index is 0.186. The Balaban J connectivity index is 2.57. The van der Waals surface area contributed by atoms with Crippen molar-refractivity contribution in [2.24, 2.45) is 4.99 Å². The van der Waals surface area contributed by atoms with Gasteiger partial charge < -0.3 is 4.90 Å². The summed E-state index contributed by atoms with van der Waals surface area (Å²) < 4.78 is 0. The van der Waals surface area contributed by atoms with Crippen LogP contribution in [0.3, 0.4) is 0 Å². The first kappa shape index (κ1) is 16.9. The second-order valence-corrected chi connectivity index (χ2v) is 5.48. The van der Waals surface area contributed by atoms with Crippen molar-refractivity contribution in [1.82, 2.24) is 9.97 Å². The molecule has 2 rings (SSSR count). The van der Waals surface area contributed by atoms with Gasteiger partial charge in [0.1, 0.15) is 5.69 Å². The molecule has 0 bridgehead atoms. The summed E-state index contributed by atoms with van der Waals surface area (Å²) in [7, 11) is 1.90. The maximum Gasteiger partial charge on any atom is 0.224 e. The van der Waals surface area contributed by atoms with Crippen molar-refractivity contribution in [3.63, 3.8) is 0 Å². The average Bonchev–Trinajstić information content (AvgIpc) is 2.52. The van der Waals surface area contributed by atoms with Gasteiger partial charge >= 0.3 is 0 Å². The highest BCUT2D eigenvalue weighted by Gasteiger charge is 2.17. The Hall–Kier alpha value is -2.45. The molecule has 0 aliphatic heterocycles. The summed E-state index contributed by atoms with van der Waals surface area (Å²) in [6, 6.07) is 7.66. The van der Waals surface area contributed by atoms with Gasteiger partial charge in [0.2, 0.25) is 5.28 Å². The molecule has 1 aromatic carbocycles. The van der Waals surface area contributed by atoms with E-state index in [2.05, 4.69) is 21.0 Å². The fourth-order valence-corrected chi connectivity index (χ4v) is 2.51. The summed E-state index contributed by atoms with van der Waals surface area (Å²) in [4.78, 5) is 14.9. The van der Waals surface area contributed by atoms with Gasteiger partial charge in [-0.15, -0.1) is 0 Å².